The fraction of sp³-hybridized carbons (Fsp3) is 0.593. The second-order valence-corrected chi connectivity index (χ2v) is 18.6. The summed E-state index contributed by atoms with van der Waals surface area (Å²) in [5.41, 5.74) is 10.6. The maximum Gasteiger partial charge on any atom is 0.253 e. The van der Waals surface area contributed by atoms with Gasteiger partial charge in [0.15, 0.2) is 0 Å². The molecule has 1 aromatic carbocycles. The van der Waals surface area contributed by atoms with Crippen LogP contribution < -0.4 is 16.4 Å². The maximum atomic E-state index is 13.9. The van der Waals surface area contributed by atoms with Crippen LogP contribution in [-0.2, 0) is 85.0 Å². The number of anilines is 1. The molecule has 23 nitrogen and oxygen atoms in total. The summed E-state index contributed by atoms with van der Waals surface area (Å²) in [6.07, 6.45) is 8.99. The Morgan fingerprint density at radius 1 is 0.766 bits per heavy atom. The van der Waals surface area contributed by atoms with Crippen molar-refractivity contribution in [2.75, 3.05) is 150 Å². The fourth-order valence-electron chi connectivity index (χ4n) is 8.64. The summed E-state index contributed by atoms with van der Waals surface area (Å²) in [4.78, 5) is 89.0. The SMILES string of the molecule is CCCN(CCO)C(=O)C1=Cc2ccc(C3(C(=O)Nc4cnc5c(c4)CN(C(=O)CCOCCOCCOCCOCCOCCOCCOCCOCCNC(=O)CCN4C(=O)C=CC4=O)CC5)CC3)cc2N=C(N)C1. The van der Waals surface area contributed by atoms with E-state index in [1.807, 2.05) is 31.2 Å². The summed E-state index contributed by atoms with van der Waals surface area (Å²) < 4.78 is 44.2. The molecule has 23 heteroatoms. The Labute approximate surface area is 449 Å². The van der Waals surface area contributed by atoms with E-state index in [2.05, 4.69) is 20.6 Å². The van der Waals surface area contributed by atoms with Crippen molar-refractivity contribution < 1.29 is 71.8 Å². The minimum absolute atomic E-state index is 0.0241. The molecule has 1 fully saturated rings. The quantitative estimate of drug-likeness (QED) is 0.0549. The molecule has 0 unspecified atom stereocenters. The van der Waals surface area contributed by atoms with Crippen molar-refractivity contribution in [1.29, 1.82) is 0 Å². The number of hydrogen-bond acceptors (Lipinski definition) is 18. The lowest BCUT2D eigenvalue weighted by atomic mass is 9.92. The van der Waals surface area contributed by atoms with Crippen LogP contribution >= 0.6 is 0 Å². The number of aliphatic imine (C=N–C) groups is 1. The van der Waals surface area contributed by atoms with Crippen molar-refractivity contribution in [3.63, 3.8) is 0 Å². The zero-order valence-electron chi connectivity index (χ0n) is 44.3. The molecule has 77 heavy (non-hydrogen) atoms. The van der Waals surface area contributed by atoms with Gasteiger partial charge in [-0.05, 0) is 48.6 Å². The van der Waals surface area contributed by atoms with Crippen molar-refractivity contribution in [1.82, 2.24) is 25.0 Å². The number of amidine groups is 1. The van der Waals surface area contributed by atoms with E-state index in [9.17, 15) is 33.9 Å². The molecule has 4 heterocycles. The number of rotatable bonds is 38. The summed E-state index contributed by atoms with van der Waals surface area (Å²) in [5.74, 6) is -1.14. The smallest absolute Gasteiger partial charge is 0.253 e. The summed E-state index contributed by atoms with van der Waals surface area (Å²) in [5, 5.41) is 15.3. The lowest BCUT2D eigenvalue weighted by Crippen LogP contribution is -2.37. The van der Waals surface area contributed by atoms with E-state index in [4.69, 9.17) is 43.6 Å². The van der Waals surface area contributed by atoms with Gasteiger partial charge in [-0.25, -0.2) is 4.99 Å². The van der Waals surface area contributed by atoms with Gasteiger partial charge < -0.3 is 69.2 Å². The van der Waals surface area contributed by atoms with E-state index in [1.54, 1.807) is 22.1 Å². The number of nitrogens with one attached hydrogen (secondary N) is 2. The van der Waals surface area contributed by atoms with E-state index in [0.29, 0.717) is 167 Å². The van der Waals surface area contributed by atoms with Gasteiger partial charge in [-0.1, -0.05) is 19.1 Å². The van der Waals surface area contributed by atoms with Gasteiger partial charge in [-0.15, -0.1) is 0 Å². The van der Waals surface area contributed by atoms with Gasteiger partial charge in [0.25, 0.3) is 11.8 Å². The molecule has 6 amide bonds. The molecule has 0 atom stereocenters. The van der Waals surface area contributed by atoms with E-state index >= 15 is 0 Å². The standard InChI is InChI=1S/C54H76N8O15/c1-2-13-60(16-17-63)52(68)41-34-40-3-4-43(37-46(40)59-47(55)36-41)54(10-11-54)53(69)58-44-35-42-39-61(14-7-45(42)57-38-44)49(65)9-18-70-20-22-72-24-26-74-28-30-76-32-33-77-31-29-75-27-25-73-23-21-71-19-12-56-48(64)8-15-62-50(66)5-6-51(62)67/h3-6,34-35,37-38,63H,2,7-33,36,39H2,1H3,(H2,55,59)(H,56,64)(H,58,69). The number of aliphatic hydroxyl groups excluding tert-OH is 1. The van der Waals surface area contributed by atoms with E-state index in [1.165, 1.54) is 12.2 Å². The molecule has 6 rings (SSSR count). The van der Waals surface area contributed by atoms with Gasteiger partial charge in [0.1, 0.15) is 5.84 Å². The summed E-state index contributed by atoms with van der Waals surface area (Å²) in [6.45, 7) is 10.2. The Kier molecular flexibility index (Phi) is 25.5. The predicted molar refractivity (Wildman–Crippen MR) is 282 cm³/mol. The van der Waals surface area contributed by atoms with Crippen LogP contribution in [0.2, 0.25) is 0 Å². The predicted octanol–water partition coefficient (Wildman–Crippen LogP) is 1.60. The first-order valence-corrected chi connectivity index (χ1v) is 26.6. The monoisotopic (exact) mass is 1080 g/mol. The van der Waals surface area contributed by atoms with Gasteiger partial charge in [0.05, 0.1) is 142 Å². The van der Waals surface area contributed by atoms with Crippen molar-refractivity contribution in [3.8, 4) is 0 Å². The van der Waals surface area contributed by atoms with Crippen LogP contribution in [0, 0.1) is 0 Å². The molecule has 2 aromatic rings. The number of amides is 6. The zero-order chi connectivity index (χ0) is 54.7. The summed E-state index contributed by atoms with van der Waals surface area (Å²) in [7, 11) is 0. The van der Waals surface area contributed by atoms with Crippen molar-refractivity contribution in [2.45, 2.75) is 63.8 Å². The van der Waals surface area contributed by atoms with Gasteiger partial charge in [-0.2, -0.15) is 0 Å². The number of nitrogens with two attached hydrogens (primary N) is 1. The molecule has 1 saturated carbocycles. The van der Waals surface area contributed by atoms with Gasteiger partial charge in [-0.3, -0.25) is 38.7 Å². The molecule has 4 aliphatic rings. The minimum Gasteiger partial charge on any atom is -0.395 e. The number of fused-ring (bicyclic) bond motifs is 2. The average Bonchev–Trinajstić information content (AvgIpc) is 4.21. The number of pyridine rings is 1. The van der Waals surface area contributed by atoms with Crippen molar-refractivity contribution in [3.05, 3.63) is 70.6 Å². The third-order valence-electron chi connectivity index (χ3n) is 12.9. The van der Waals surface area contributed by atoms with Crippen LogP contribution in [0.4, 0.5) is 11.4 Å². The Morgan fingerprint density at radius 2 is 1.35 bits per heavy atom. The number of hydrogen-bond donors (Lipinski definition) is 4. The molecule has 0 saturated heterocycles. The van der Waals surface area contributed by atoms with Crippen LogP contribution in [-0.4, -0.2) is 211 Å². The van der Waals surface area contributed by atoms with Crippen LogP contribution in [0.3, 0.4) is 0 Å². The number of benzene rings is 1. The Hall–Kier alpha value is -6.02. The molecule has 3 aliphatic heterocycles. The highest BCUT2D eigenvalue weighted by Crippen LogP contribution is 2.50. The second kappa shape index (κ2) is 32.7. The molecule has 1 aromatic heterocycles. The highest BCUT2D eigenvalue weighted by atomic mass is 16.6. The second-order valence-electron chi connectivity index (χ2n) is 18.6. The number of carbonyl (C=O) groups excluding carboxylic acids is 6. The molecular weight excluding hydrogens is 1000 g/mol. The lowest BCUT2D eigenvalue weighted by molar-refractivity contribution is -0.137. The Balaban J connectivity index is 0.724. The van der Waals surface area contributed by atoms with Gasteiger partial charge in [0.2, 0.25) is 23.6 Å². The number of imide groups is 1. The maximum absolute atomic E-state index is 13.9. The van der Waals surface area contributed by atoms with Crippen molar-refractivity contribution in [2.24, 2.45) is 10.7 Å². The molecule has 0 spiro atoms. The van der Waals surface area contributed by atoms with Gasteiger partial charge in [0, 0.05) is 87.5 Å². The highest BCUT2D eigenvalue weighted by Gasteiger charge is 2.51. The normalized spacial score (nSPS) is 15.4. The largest absolute Gasteiger partial charge is 0.395 e. The molecule has 422 valence electrons. The number of nitrogens with zero attached hydrogens (tertiary/aromatic N) is 5. The summed E-state index contributed by atoms with van der Waals surface area (Å²) in [6, 6.07) is 7.57. The zero-order valence-corrected chi connectivity index (χ0v) is 44.3. The summed E-state index contributed by atoms with van der Waals surface area (Å²) >= 11 is 0. The first kappa shape index (κ1) is 60.2. The third kappa shape index (κ3) is 19.7. The first-order valence-electron chi connectivity index (χ1n) is 26.6. The fourth-order valence-corrected chi connectivity index (χ4v) is 8.64. The Morgan fingerprint density at radius 3 is 1.92 bits per heavy atom. The molecule has 0 bridgehead atoms. The molecular formula is C54H76N8O15. The third-order valence-corrected chi connectivity index (χ3v) is 12.9. The van der Waals surface area contributed by atoms with Gasteiger partial charge >= 0.3 is 0 Å². The molecule has 5 N–H and O–H groups in total. The topological polar surface area (TPSA) is 282 Å². The minimum atomic E-state index is -0.742. The number of aromatic nitrogens is 1. The highest BCUT2D eigenvalue weighted by molar-refractivity contribution is 6.13. The molecule has 0 radical (unpaired) electrons. The number of aliphatic hydroxyl groups is 1. The first-order chi connectivity index (χ1) is 37.5. The Bertz CT molecular complexity index is 2350. The average molecular weight is 1080 g/mol. The van der Waals surface area contributed by atoms with E-state index < -0.39 is 17.2 Å². The van der Waals surface area contributed by atoms with Crippen LogP contribution in [0.25, 0.3) is 6.08 Å². The van der Waals surface area contributed by atoms with Crippen LogP contribution in [0.15, 0.2) is 53.2 Å². The van der Waals surface area contributed by atoms with Crippen LogP contribution in [0.5, 0.6) is 0 Å². The lowest BCUT2D eigenvalue weighted by Gasteiger charge is -2.29. The van der Waals surface area contributed by atoms with E-state index in [-0.39, 0.29) is 69.2 Å². The number of carbonyl (C=O) groups is 6. The van der Waals surface area contributed by atoms with E-state index in [0.717, 1.165) is 33.7 Å². The number of ether oxygens (including phenoxy) is 8. The van der Waals surface area contributed by atoms with Crippen molar-refractivity contribution >= 4 is 58.7 Å². The van der Waals surface area contributed by atoms with Crippen LogP contribution in [0.1, 0.15) is 67.8 Å². The molecule has 1 aliphatic carbocycles.